The minimum atomic E-state index is -0.133. The number of carbonyl (C=O) groups excluding carboxylic acids is 2. The van der Waals surface area contributed by atoms with Crippen LogP contribution in [0.15, 0.2) is 12.1 Å². The number of ether oxygens (including phenoxy) is 2. The highest BCUT2D eigenvalue weighted by Gasteiger charge is 2.28. The quantitative estimate of drug-likeness (QED) is 0.778. The van der Waals surface area contributed by atoms with Gasteiger partial charge in [-0.05, 0) is 56.4 Å². The van der Waals surface area contributed by atoms with Crippen molar-refractivity contribution in [3.05, 3.63) is 28.8 Å². The van der Waals surface area contributed by atoms with Gasteiger partial charge in [0, 0.05) is 13.1 Å². The standard InChI is InChI=1S/C19H27NO4/c1-5-24-19(22)15-6-8-20(9-7-15)18(21)12-16-10-14(3)17(23-4)11-13(16)2/h10-11,15H,5-9,12H2,1-4H3. The Morgan fingerprint density at radius 2 is 1.83 bits per heavy atom. The second kappa shape index (κ2) is 8.18. The van der Waals surface area contributed by atoms with Crippen LogP contribution in [0.4, 0.5) is 0 Å². The van der Waals surface area contributed by atoms with E-state index < -0.39 is 0 Å². The summed E-state index contributed by atoms with van der Waals surface area (Å²) >= 11 is 0. The van der Waals surface area contributed by atoms with Crippen molar-refractivity contribution in [2.75, 3.05) is 26.8 Å². The molecule has 0 aromatic heterocycles. The number of piperidine rings is 1. The van der Waals surface area contributed by atoms with Crippen molar-refractivity contribution in [2.24, 2.45) is 5.92 Å². The van der Waals surface area contributed by atoms with Gasteiger partial charge < -0.3 is 14.4 Å². The maximum atomic E-state index is 12.6. The predicted molar refractivity (Wildman–Crippen MR) is 92.1 cm³/mol. The number of nitrogens with zero attached hydrogens (tertiary/aromatic N) is 1. The van der Waals surface area contributed by atoms with Crippen LogP contribution in [0.2, 0.25) is 0 Å². The van der Waals surface area contributed by atoms with Crippen molar-refractivity contribution in [3.63, 3.8) is 0 Å². The van der Waals surface area contributed by atoms with Gasteiger partial charge in [-0.15, -0.1) is 0 Å². The lowest BCUT2D eigenvalue weighted by atomic mass is 9.96. The molecule has 1 aliphatic rings. The first-order chi connectivity index (χ1) is 11.5. The van der Waals surface area contributed by atoms with Crippen molar-refractivity contribution >= 4 is 11.9 Å². The highest BCUT2D eigenvalue weighted by molar-refractivity contribution is 5.80. The van der Waals surface area contributed by atoms with Crippen molar-refractivity contribution in [1.82, 2.24) is 4.90 Å². The van der Waals surface area contributed by atoms with E-state index in [-0.39, 0.29) is 17.8 Å². The lowest BCUT2D eigenvalue weighted by molar-refractivity contribution is -0.151. The lowest BCUT2D eigenvalue weighted by Crippen LogP contribution is -2.41. The first kappa shape index (κ1) is 18.3. The molecule has 5 heteroatoms. The Morgan fingerprint density at radius 1 is 1.17 bits per heavy atom. The fraction of sp³-hybridized carbons (Fsp3) is 0.579. The third-order valence-corrected chi connectivity index (χ3v) is 4.66. The van der Waals surface area contributed by atoms with Crippen LogP contribution in [0.3, 0.4) is 0 Å². The maximum absolute atomic E-state index is 12.6. The first-order valence-electron chi connectivity index (χ1n) is 8.54. The van der Waals surface area contributed by atoms with Gasteiger partial charge in [0.1, 0.15) is 5.75 Å². The van der Waals surface area contributed by atoms with E-state index in [1.807, 2.05) is 37.8 Å². The number of methoxy groups -OCH3 is 1. The molecule has 0 N–H and O–H groups in total. The van der Waals surface area contributed by atoms with Gasteiger partial charge in [-0.1, -0.05) is 6.07 Å². The van der Waals surface area contributed by atoms with E-state index in [4.69, 9.17) is 9.47 Å². The van der Waals surface area contributed by atoms with Crippen LogP contribution < -0.4 is 4.74 Å². The molecule has 5 nitrogen and oxygen atoms in total. The largest absolute Gasteiger partial charge is 0.496 e. The van der Waals surface area contributed by atoms with E-state index in [2.05, 4.69) is 0 Å². The summed E-state index contributed by atoms with van der Waals surface area (Å²) in [6.07, 6.45) is 1.76. The Morgan fingerprint density at radius 3 is 2.42 bits per heavy atom. The Kier molecular flexibility index (Phi) is 6.23. The highest BCUT2D eigenvalue weighted by Crippen LogP contribution is 2.24. The van der Waals surface area contributed by atoms with E-state index in [1.165, 1.54) is 0 Å². The monoisotopic (exact) mass is 333 g/mol. The number of hydrogen-bond acceptors (Lipinski definition) is 4. The SMILES string of the molecule is CCOC(=O)C1CCN(C(=O)Cc2cc(C)c(OC)cc2C)CC1. The number of amides is 1. The third kappa shape index (κ3) is 4.28. The molecular weight excluding hydrogens is 306 g/mol. The van der Waals surface area contributed by atoms with Gasteiger partial charge >= 0.3 is 5.97 Å². The molecule has 0 spiro atoms. The van der Waals surface area contributed by atoms with Gasteiger partial charge in [-0.3, -0.25) is 9.59 Å². The summed E-state index contributed by atoms with van der Waals surface area (Å²) in [6, 6.07) is 4.00. The summed E-state index contributed by atoms with van der Waals surface area (Å²) in [7, 11) is 1.65. The van der Waals surface area contributed by atoms with Crippen LogP contribution in [-0.2, 0) is 20.7 Å². The molecule has 1 fully saturated rings. The maximum Gasteiger partial charge on any atom is 0.309 e. The number of benzene rings is 1. The summed E-state index contributed by atoms with van der Waals surface area (Å²) in [5.41, 5.74) is 3.13. The number of hydrogen-bond donors (Lipinski definition) is 0. The summed E-state index contributed by atoms with van der Waals surface area (Å²) < 4.78 is 10.4. The molecule has 2 rings (SSSR count). The van der Waals surface area contributed by atoms with Gasteiger partial charge in [-0.2, -0.15) is 0 Å². The van der Waals surface area contributed by atoms with Crippen molar-refractivity contribution in [1.29, 1.82) is 0 Å². The molecule has 24 heavy (non-hydrogen) atoms. The van der Waals surface area contributed by atoms with Crippen LogP contribution in [0, 0.1) is 19.8 Å². The topological polar surface area (TPSA) is 55.8 Å². The number of rotatable bonds is 5. The fourth-order valence-electron chi connectivity index (χ4n) is 3.16. The number of esters is 1. The van der Waals surface area contributed by atoms with Crippen LogP contribution >= 0.6 is 0 Å². The van der Waals surface area contributed by atoms with E-state index in [0.29, 0.717) is 39.0 Å². The third-order valence-electron chi connectivity index (χ3n) is 4.66. The van der Waals surface area contributed by atoms with Crippen molar-refractivity contribution < 1.29 is 19.1 Å². The second-order valence-electron chi connectivity index (χ2n) is 6.33. The number of likely N-dealkylation sites (tertiary alicyclic amines) is 1. The summed E-state index contributed by atoms with van der Waals surface area (Å²) in [6.45, 7) is 7.45. The zero-order valence-electron chi connectivity index (χ0n) is 15.1. The lowest BCUT2D eigenvalue weighted by Gasteiger charge is -2.31. The average molecular weight is 333 g/mol. The molecule has 0 saturated carbocycles. The molecule has 1 aromatic rings. The van der Waals surface area contributed by atoms with Crippen LogP contribution in [0.5, 0.6) is 5.75 Å². The van der Waals surface area contributed by atoms with Gasteiger partial charge in [0.15, 0.2) is 0 Å². The Bertz CT molecular complexity index is 604. The Hall–Kier alpha value is -2.04. The van der Waals surface area contributed by atoms with E-state index in [0.717, 1.165) is 22.4 Å². The number of carbonyl (C=O) groups is 2. The van der Waals surface area contributed by atoms with Crippen LogP contribution in [-0.4, -0.2) is 43.6 Å². The highest BCUT2D eigenvalue weighted by atomic mass is 16.5. The van der Waals surface area contributed by atoms with Crippen LogP contribution in [0.25, 0.3) is 0 Å². The summed E-state index contributed by atoms with van der Waals surface area (Å²) in [4.78, 5) is 26.2. The van der Waals surface area contributed by atoms with Crippen molar-refractivity contribution in [2.45, 2.75) is 40.0 Å². The molecule has 1 heterocycles. The van der Waals surface area contributed by atoms with Gasteiger partial charge in [-0.25, -0.2) is 0 Å². The average Bonchev–Trinajstić information content (AvgIpc) is 2.58. The minimum Gasteiger partial charge on any atom is -0.496 e. The Labute approximate surface area is 143 Å². The van der Waals surface area contributed by atoms with Crippen LogP contribution in [0.1, 0.15) is 36.5 Å². The molecule has 1 saturated heterocycles. The zero-order valence-corrected chi connectivity index (χ0v) is 15.1. The number of aryl methyl sites for hydroxylation is 2. The molecule has 132 valence electrons. The molecule has 1 aromatic carbocycles. The molecule has 1 aliphatic heterocycles. The smallest absolute Gasteiger partial charge is 0.309 e. The summed E-state index contributed by atoms with van der Waals surface area (Å²) in [5, 5.41) is 0. The molecular formula is C19H27NO4. The van der Waals surface area contributed by atoms with Crippen molar-refractivity contribution in [3.8, 4) is 5.75 Å². The predicted octanol–water partition coefficient (Wildman–Crippen LogP) is 2.66. The molecule has 1 amide bonds. The molecule has 0 unspecified atom stereocenters. The molecule has 0 atom stereocenters. The van der Waals surface area contributed by atoms with E-state index >= 15 is 0 Å². The van der Waals surface area contributed by atoms with Gasteiger partial charge in [0.05, 0.1) is 26.1 Å². The minimum absolute atomic E-state index is 0.0704. The summed E-state index contributed by atoms with van der Waals surface area (Å²) in [5.74, 6) is 0.758. The van der Waals surface area contributed by atoms with E-state index in [9.17, 15) is 9.59 Å². The van der Waals surface area contributed by atoms with E-state index in [1.54, 1.807) is 7.11 Å². The van der Waals surface area contributed by atoms with Gasteiger partial charge in [0.25, 0.3) is 0 Å². The fourth-order valence-corrected chi connectivity index (χ4v) is 3.16. The molecule has 0 radical (unpaired) electrons. The van der Waals surface area contributed by atoms with Gasteiger partial charge in [0.2, 0.25) is 5.91 Å². The normalized spacial score (nSPS) is 15.2. The first-order valence-corrected chi connectivity index (χ1v) is 8.54. The second-order valence-corrected chi connectivity index (χ2v) is 6.33. The zero-order chi connectivity index (χ0) is 17.7. The molecule has 0 bridgehead atoms. The molecule has 0 aliphatic carbocycles. The Balaban J connectivity index is 1.95.